The molecule has 55 heavy (non-hydrogen) atoms. The Morgan fingerprint density at radius 3 is 2.11 bits per heavy atom. The van der Waals surface area contributed by atoms with Crippen LogP contribution in [0.3, 0.4) is 0 Å². The Morgan fingerprint density at radius 1 is 0.855 bits per heavy atom. The van der Waals surface area contributed by atoms with Gasteiger partial charge in [-0.3, -0.25) is 14.2 Å². The van der Waals surface area contributed by atoms with Gasteiger partial charge in [0.1, 0.15) is 12.2 Å². The summed E-state index contributed by atoms with van der Waals surface area (Å²) in [5.74, 6) is -0.145. The Morgan fingerprint density at radius 2 is 1.49 bits per heavy atom. The van der Waals surface area contributed by atoms with E-state index in [0.29, 0.717) is 36.5 Å². The van der Waals surface area contributed by atoms with Crippen molar-refractivity contribution < 1.29 is 29.3 Å². The van der Waals surface area contributed by atoms with Crippen LogP contribution >= 0.6 is 0 Å². The number of rotatable bonds is 15. The number of fused-ring (bicyclic) bond motifs is 1. The summed E-state index contributed by atoms with van der Waals surface area (Å²) >= 11 is 0. The van der Waals surface area contributed by atoms with E-state index in [1.807, 2.05) is 68.4 Å². The molecule has 1 saturated heterocycles. The maximum atomic E-state index is 13.1. The highest BCUT2D eigenvalue weighted by Gasteiger charge is 2.47. The smallest absolute Gasteiger partial charge is 0.315 e. The lowest BCUT2D eigenvalue weighted by molar-refractivity contribution is -0.137. The monoisotopic (exact) mass is 749 g/mol. The van der Waals surface area contributed by atoms with Crippen molar-refractivity contribution in [3.05, 3.63) is 120 Å². The molecule has 6 N–H and O–H groups in total. The Balaban J connectivity index is 1.23. The highest BCUT2D eigenvalue weighted by atomic mass is 16.6. The van der Waals surface area contributed by atoms with Gasteiger partial charge in [-0.25, -0.2) is 19.7 Å². The van der Waals surface area contributed by atoms with Crippen molar-refractivity contribution in [1.82, 2.24) is 40.4 Å². The van der Waals surface area contributed by atoms with Crippen LogP contribution in [0.2, 0.25) is 0 Å². The Bertz CT molecular complexity index is 2010. The molecule has 15 heteroatoms. The molecule has 3 aromatic carbocycles. The number of likely N-dealkylation sites (N-methyl/N-ethyl adjacent to an activating group) is 1. The number of hydrogen-bond donors (Lipinski definition) is 6. The number of benzene rings is 3. The van der Waals surface area contributed by atoms with Gasteiger partial charge in [0.15, 0.2) is 35.1 Å². The predicted octanol–water partition coefficient (Wildman–Crippen LogP) is 3.18. The minimum absolute atomic E-state index is 0.0611. The van der Waals surface area contributed by atoms with E-state index >= 15 is 0 Å². The Labute approximate surface area is 319 Å². The normalized spacial score (nSPS) is 18.0. The van der Waals surface area contributed by atoms with E-state index in [4.69, 9.17) is 14.7 Å². The van der Waals surface area contributed by atoms with Gasteiger partial charge in [0, 0.05) is 43.7 Å². The highest BCUT2D eigenvalue weighted by Crippen LogP contribution is 2.33. The third-order valence-corrected chi connectivity index (χ3v) is 9.42. The number of aliphatic hydroxyl groups is 2. The molecule has 0 aliphatic carbocycles. The van der Waals surface area contributed by atoms with E-state index in [9.17, 15) is 24.6 Å². The third-order valence-electron chi connectivity index (χ3n) is 9.42. The van der Waals surface area contributed by atoms with Crippen molar-refractivity contribution in [2.24, 2.45) is 0 Å². The molecule has 1 aliphatic heterocycles. The maximum Gasteiger partial charge on any atom is 0.315 e. The summed E-state index contributed by atoms with van der Waals surface area (Å²) in [5.41, 5.74) is 3.36. The molecular formula is C40H47N9O6. The fraction of sp³-hybridized carbons (Fsp3) is 0.350. The molecule has 0 radical (unpaired) electrons. The van der Waals surface area contributed by atoms with E-state index in [1.165, 1.54) is 10.9 Å². The second-order valence-electron chi connectivity index (χ2n) is 13.5. The number of aromatic nitrogens is 4. The minimum Gasteiger partial charge on any atom is -0.387 e. The summed E-state index contributed by atoms with van der Waals surface area (Å²) in [7, 11) is 0. The number of carbonyl (C=O) groups is 3. The number of carbonyl (C=O) groups excluding carboxylic acids is 3. The van der Waals surface area contributed by atoms with E-state index in [2.05, 4.69) is 50.5 Å². The van der Waals surface area contributed by atoms with Gasteiger partial charge in [0.05, 0.1) is 12.9 Å². The van der Waals surface area contributed by atoms with Crippen molar-refractivity contribution in [2.75, 3.05) is 31.5 Å². The van der Waals surface area contributed by atoms with Crippen molar-refractivity contribution in [3.63, 3.8) is 0 Å². The van der Waals surface area contributed by atoms with Crippen LogP contribution in [-0.2, 0) is 16.1 Å². The largest absolute Gasteiger partial charge is 0.387 e. The van der Waals surface area contributed by atoms with Crippen molar-refractivity contribution in [3.8, 4) is 0 Å². The molecule has 5 aromatic rings. The Hall–Kier alpha value is -5.90. The molecule has 4 unspecified atom stereocenters. The van der Waals surface area contributed by atoms with Gasteiger partial charge in [-0.1, -0.05) is 78.9 Å². The first-order valence-electron chi connectivity index (χ1n) is 18.4. The van der Waals surface area contributed by atoms with Crippen molar-refractivity contribution >= 4 is 34.8 Å². The molecule has 4 amide bonds. The number of hydrogen-bond acceptors (Lipinski definition) is 10. The zero-order chi connectivity index (χ0) is 38.9. The van der Waals surface area contributed by atoms with Crippen LogP contribution < -0.4 is 21.3 Å². The lowest BCUT2D eigenvalue weighted by Crippen LogP contribution is -2.44. The lowest BCUT2D eigenvalue weighted by Gasteiger charge is -2.27. The quantitative estimate of drug-likeness (QED) is 0.0926. The predicted molar refractivity (Wildman–Crippen MR) is 206 cm³/mol. The van der Waals surface area contributed by atoms with Crippen molar-refractivity contribution in [1.29, 1.82) is 0 Å². The second kappa shape index (κ2) is 18.0. The highest BCUT2D eigenvalue weighted by molar-refractivity contribution is 5.94. The average Bonchev–Trinajstić information content (AvgIpc) is 3.76. The van der Waals surface area contributed by atoms with E-state index in [1.54, 1.807) is 24.0 Å². The average molecular weight is 750 g/mol. The van der Waals surface area contributed by atoms with Gasteiger partial charge < -0.3 is 41.1 Å². The number of amides is 4. The van der Waals surface area contributed by atoms with E-state index < -0.39 is 36.5 Å². The fourth-order valence-electron chi connectivity index (χ4n) is 6.58. The zero-order valence-corrected chi connectivity index (χ0v) is 31.0. The van der Waals surface area contributed by atoms with Gasteiger partial charge >= 0.3 is 6.03 Å². The van der Waals surface area contributed by atoms with E-state index in [0.717, 1.165) is 11.1 Å². The standard InChI is InChI=1S/C40H47N9O6/c1-4-41-37(52)34-32(50)33(51)39(55-34)49-24-45-31-35(43-22-29(26-14-8-5-9-15-26)27-16-10-6-11-17-27)46-30(47-36(31)49)23-44-40(54)42-20-21-48(25(2)3)38(53)28-18-12-7-13-19-28/h5-19,24-25,29,32-34,39,50-51H,4,20-23H2,1-3H3,(H,41,52)(H2,42,44,54)(H,43,46,47). The van der Waals surface area contributed by atoms with Gasteiger partial charge in [-0.05, 0) is 44.0 Å². The number of nitrogens with one attached hydrogen (secondary N) is 4. The summed E-state index contributed by atoms with van der Waals surface area (Å²) in [5, 5.41) is 33.4. The molecule has 15 nitrogen and oxygen atoms in total. The molecule has 288 valence electrons. The molecule has 3 heterocycles. The van der Waals surface area contributed by atoms with Gasteiger partial charge in [0.2, 0.25) is 0 Å². The molecule has 0 bridgehead atoms. The van der Waals surface area contributed by atoms with Gasteiger partial charge in [-0.15, -0.1) is 0 Å². The SMILES string of the molecule is CCNC(=O)C1OC(n2cnc3c(NCC(c4ccccc4)c4ccccc4)nc(CNC(=O)NCCN(C(=O)c4ccccc4)C(C)C)nc32)C(O)C1O. The first-order valence-corrected chi connectivity index (χ1v) is 18.4. The summed E-state index contributed by atoms with van der Waals surface area (Å²) in [6.07, 6.45) is -4.05. The van der Waals surface area contributed by atoms with E-state index in [-0.39, 0.29) is 42.4 Å². The van der Waals surface area contributed by atoms with Gasteiger partial charge in [0.25, 0.3) is 11.8 Å². The number of ether oxygens (including phenoxy) is 1. The molecule has 2 aromatic heterocycles. The molecule has 4 atom stereocenters. The first kappa shape index (κ1) is 38.8. The van der Waals surface area contributed by atoms with Crippen LogP contribution in [0.1, 0.15) is 60.2 Å². The van der Waals surface area contributed by atoms with Crippen LogP contribution in [0.4, 0.5) is 10.6 Å². The number of imidazole rings is 1. The van der Waals surface area contributed by atoms with Crippen LogP contribution in [0.5, 0.6) is 0 Å². The summed E-state index contributed by atoms with van der Waals surface area (Å²) in [4.78, 5) is 54.4. The van der Waals surface area contributed by atoms with Crippen LogP contribution in [0.15, 0.2) is 97.3 Å². The number of nitrogens with zero attached hydrogens (tertiary/aromatic N) is 5. The molecule has 0 saturated carbocycles. The van der Waals surface area contributed by atoms with Gasteiger partial charge in [-0.2, -0.15) is 0 Å². The lowest BCUT2D eigenvalue weighted by atomic mass is 9.91. The summed E-state index contributed by atoms with van der Waals surface area (Å²) in [6.45, 7) is 6.74. The van der Waals surface area contributed by atoms with Crippen LogP contribution in [0, 0.1) is 0 Å². The summed E-state index contributed by atoms with van der Waals surface area (Å²) < 4.78 is 7.35. The minimum atomic E-state index is -1.50. The number of anilines is 1. The van der Waals surface area contributed by atoms with Crippen LogP contribution in [-0.4, -0.2) is 103 Å². The van der Waals surface area contributed by atoms with Crippen molar-refractivity contribution in [2.45, 2.75) is 63.8 Å². The molecule has 0 spiro atoms. The van der Waals surface area contributed by atoms with Crippen LogP contribution in [0.25, 0.3) is 11.2 Å². The summed E-state index contributed by atoms with van der Waals surface area (Å²) in [6, 6.07) is 28.5. The maximum absolute atomic E-state index is 13.1. The zero-order valence-electron chi connectivity index (χ0n) is 31.0. The molecule has 6 rings (SSSR count). The second-order valence-corrected chi connectivity index (χ2v) is 13.5. The number of urea groups is 1. The third kappa shape index (κ3) is 9.08. The molecular weight excluding hydrogens is 702 g/mol. The molecule has 1 aliphatic rings. The number of aliphatic hydroxyl groups excluding tert-OH is 2. The topological polar surface area (TPSA) is 196 Å². The Kier molecular flexibility index (Phi) is 12.7. The molecule has 1 fully saturated rings. The fourth-order valence-corrected chi connectivity index (χ4v) is 6.58. The first-order chi connectivity index (χ1) is 26.7.